The van der Waals surface area contributed by atoms with Crippen molar-refractivity contribution < 1.29 is 9.90 Å². The lowest BCUT2D eigenvalue weighted by Crippen LogP contribution is -2.15. The molecule has 2 fully saturated rings. The molecule has 0 spiro atoms. The molecule has 1 aliphatic carbocycles. The van der Waals surface area contributed by atoms with Crippen molar-refractivity contribution in [2.45, 2.75) is 6.42 Å². The second kappa shape index (κ2) is 1.95. The van der Waals surface area contributed by atoms with Gasteiger partial charge in [-0.2, -0.15) is 0 Å². The Hall–Kier alpha value is -0.570. The van der Waals surface area contributed by atoms with Crippen molar-refractivity contribution in [3.05, 3.63) is 0 Å². The highest BCUT2D eigenvalue weighted by Gasteiger charge is 2.53. The van der Waals surface area contributed by atoms with E-state index in [4.69, 9.17) is 5.11 Å². The quantitative estimate of drug-likeness (QED) is 0.565. The minimum Gasteiger partial charge on any atom is -0.481 e. The molecule has 2 N–H and O–H groups in total. The van der Waals surface area contributed by atoms with E-state index >= 15 is 0 Å². The lowest BCUT2D eigenvalue weighted by Gasteiger charge is -1.98. The van der Waals surface area contributed by atoms with Crippen LogP contribution in [0.5, 0.6) is 0 Å². The van der Waals surface area contributed by atoms with Crippen LogP contribution < -0.4 is 5.32 Å². The maximum absolute atomic E-state index is 10.3. The topological polar surface area (TPSA) is 49.3 Å². The zero-order chi connectivity index (χ0) is 7.14. The van der Waals surface area contributed by atoms with Crippen molar-refractivity contribution in [3.63, 3.8) is 0 Å². The molecule has 1 heterocycles. The summed E-state index contributed by atoms with van der Waals surface area (Å²) in [4.78, 5) is 10.3. The number of piperidine rings is 1. The van der Waals surface area contributed by atoms with Crippen LogP contribution in [0, 0.1) is 17.8 Å². The van der Waals surface area contributed by atoms with Gasteiger partial charge < -0.3 is 10.4 Å². The van der Waals surface area contributed by atoms with Crippen molar-refractivity contribution in [3.8, 4) is 0 Å². The average molecular weight is 141 g/mol. The summed E-state index contributed by atoms with van der Waals surface area (Å²) in [6.45, 7) is 2.09. The van der Waals surface area contributed by atoms with Gasteiger partial charge in [0.25, 0.3) is 0 Å². The molecule has 3 nitrogen and oxygen atoms in total. The van der Waals surface area contributed by atoms with Gasteiger partial charge in [0.1, 0.15) is 0 Å². The first-order valence-corrected chi connectivity index (χ1v) is 3.71. The van der Waals surface area contributed by atoms with Crippen LogP contribution in [-0.4, -0.2) is 24.2 Å². The fourth-order valence-corrected chi connectivity index (χ4v) is 2.05. The van der Waals surface area contributed by atoms with Gasteiger partial charge in [0.05, 0.1) is 0 Å². The van der Waals surface area contributed by atoms with Gasteiger partial charge in [-0.15, -0.1) is 0 Å². The molecule has 10 heavy (non-hydrogen) atoms. The van der Waals surface area contributed by atoms with Crippen molar-refractivity contribution in [2.24, 2.45) is 17.8 Å². The van der Waals surface area contributed by atoms with Gasteiger partial charge in [0.2, 0.25) is 0 Å². The normalized spacial score (nSPS) is 43.0. The van der Waals surface area contributed by atoms with Gasteiger partial charge in [-0.05, 0) is 30.8 Å². The standard InChI is InChI=1S/C7H11NO2/c9-7(10)1-4-5-2-8-3-6(4)5/h4-6,8H,1-3H2,(H,9,10)/t4-,5+,6-. The Morgan fingerprint density at radius 2 is 2.10 bits per heavy atom. The number of nitrogens with one attached hydrogen (secondary N) is 1. The molecule has 2 aliphatic rings. The van der Waals surface area contributed by atoms with E-state index in [0.717, 1.165) is 13.1 Å². The zero-order valence-electron chi connectivity index (χ0n) is 5.71. The van der Waals surface area contributed by atoms with Crippen LogP contribution in [0.3, 0.4) is 0 Å². The van der Waals surface area contributed by atoms with Crippen molar-refractivity contribution >= 4 is 5.97 Å². The van der Waals surface area contributed by atoms with Crippen LogP contribution in [0.25, 0.3) is 0 Å². The third-order valence-corrected chi connectivity index (χ3v) is 2.68. The Balaban J connectivity index is 1.84. The van der Waals surface area contributed by atoms with Crippen LogP contribution in [0.15, 0.2) is 0 Å². The molecule has 0 amide bonds. The number of hydrogen-bond acceptors (Lipinski definition) is 2. The Morgan fingerprint density at radius 3 is 2.60 bits per heavy atom. The molecular weight excluding hydrogens is 130 g/mol. The molecule has 0 aromatic rings. The minimum absolute atomic E-state index is 0.386. The van der Waals surface area contributed by atoms with Gasteiger partial charge in [0, 0.05) is 6.42 Å². The summed E-state index contributed by atoms with van der Waals surface area (Å²) in [5.41, 5.74) is 0. The third kappa shape index (κ3) is 0.814. The largest absolute Gasteiger partial charge is 0.481 e. The lowest BCUT2D eigenvalue weighted by atomic mass is 10.2. The molecular formula is C7H11NO2. The predicted octanol–water partition coefficient (Wildman–Crippen LogP) is -0.0735. The molecule has 1 aliphatic heterocycles. The van der Waals surface area contributed by atoms with Crippen molar-refractivity contribution in [2.75, 3.05) is 13.1 Å². The molecule has 2 rings (SSSR count). The van der Waals surface area contributed by atoms with E-state index in [2.05, 4.69) is 5.32 Å². The van der Waals surface area contributed by atoms with Crippen LogP contribution >= 0.6 is 0 Å². The zero-order valence-corrected chi connectivity index (χ0v) is 5.71. The Kier molecular flexibility index (Phi) is 1.20. The molecule has 3 heteroatoms. The van der Waals surface area contributed by atoms with Gasteiger partial charge in [-0.1, -0.05) is 0 Å². The monoisotopic (exact) mass is 141 g/mol. The maximum atomic E-state index is 10.3. The number of aliphatic carboxylic acids is 1. The summed E-state index contributed by atoms with van der Waals surface area (Å²) in [5.74, 6) is 1.24. The van der Waals surface area contributed by atoms with Crippen LogP contribution in [0.1, 0.15) is 6.42 Å². The first-order chi connectivity index (χ1) is 4.79. The average Bonchev–Trinajstić information content (AvgIpc) is 2.40. The number of hydrogen-bond donors (Lipinski definition) is 2. The maximum Gasteiger partial charge on any atom is 0.303 e. The number of carboxylic acid groups (broad SMARTS) is 1. The van der Waals surface area contributed by atoms with Gasteiger partial charge in [-0.25, -0.2) is 0 Å². The van der Waals surface area contributed by atoms with Crippen molar-refractivity contribution in [1.29, 1.82) is 0 Å². The SMILES string of the molecule is O=C(O)C[C@@H]1[C@@H]2CNC[C@@H]21. The van der Waals surface area contributed by atoms with E-state index in [9.17, 15) is 4.79 Å². The van der Waals surface area contributed by atoms with Crippen LogP contribution in [-0.2, 0) is 4.79 Å². The number of carboxylic acids is 1. The number of carbonyl (C=O) groups is 1. The summed E-state index contributed by atoms with van der Waals surface area (Å²) in [7, 11) is 0. The third-order valence-electron chi connectivity index (χ3n) is 2.68. The minimum atomic E-state index is -0.639. The van der Waals surface area contributed by atoms with E-state index in [1.165, 1.54) is 0 Å². The van der Waals surface area contributed by atoms with Gasteiger partial charge in [0.15, 0.2) is 0 Å². The highest BCUT2D eigenvalue weighted by atomic mass is 16.4. The smallest absolute Gasteiger partial charge is 0.303 e. The molecule has 1 saturated heterocycles. The summed E-state index contributed by atoms with van der Waals surface area (Å²) >= 11 is 0. The summed E-state index contributed by atoms with van der Waals surface area (Å²) < 4.78 is 0. The van der Waals surface area contributed by atoms with E-state index in [1.807, 2.05) is 0 Å². The van der Waals surface area contributed by atoms with Crippen molar-refractivity contribution in [1.82, 2.24) is 5.32 Å². The summed E-state index contributed by atoms with van der Waals surface area (Å²) in [5, 5.41) is 11.7. The molecule has 0 bridgehead atoms. The Bertz CT molecular complexity index is 159. The second-order valence-corrected chi connectivity index (χ2v) is 3.25. The molecule has 3 atom stereocenters. The Labute approximate surface area is 59.4 Å². The van der Waals surface area contributed by atoms with E-state index < -0.39 is 5.97 Å². The fourth-order valence-electron chi connectivity index (χ4n) is 2.05. The molecule has 0 aromatic heterocycles. The molecule has 1 saturated carbocycles. The highest BCUT2D eigenvalue weighted by molar-refractivity contribution is 5.67. The van der Waals surface area contributed by atoms with Crippen LogP contribution in [0.4, 0.5) is 0 Å². The molecule has 0 aromatic carbocycles. The molecule has 0 unspecified atom stereocenters. The second-order valence-electron chi connectivity index (χ2n) is 3.25. The summed E-state index contributed by atoms with van der Waals surface area (Å²) in [6, 6.07) is 0. The molecule has 56 valence electrons. The molecule has 0 radical (unpaired) electrons. The summed E-state index contributed by atoms with van der Waals surface area (Å²) in [6.07, 6.45) is 0.386. The number of rotatable bonds is 2. The first-order valence-electron chi connectivity index (χ1n) is 3.71. The Morgan fingerprint density at radius 1 is 1.50 bits per heavy atom. The van der Waals surface area contributed by atoms with Gasteiger partial charge >= 0.3 is 5.97 Å². The predicted molar refractivity (Wildman–Crippen MR) is 35.6 cm³/mol. The first kappa shape index (κ1) is 6.16. The van der Waals surface area contributed by atoms with E-state index in [0.29, 0.717) is 24.2 Å². The van der Waals surface area contributed by atoms with Crippen LogP contribution in [0.2, 0.25) is 0 Å². The van der Waals surface area contributed by atoms with Gasteiger partial charge in [-0.3, -0.25) is 4.79 Å². The fraction of sp³-hybridized carbons (Fsp3) is 0.857. The van der Waals surface area contributed by atoms with E-state index in [1.54, 1.807) is 0 Å². The lowest BCUT2D eigenvalue weighted by molar-refractivity contribution is -0.137. The van der Waals surface area contributed by atoms with E-state index in [-0.39, 0.29) is 0 Å². The number of fused-ring (bicyclic) bond motifs is 1. The highest BCUT2D eigenvalue weighted by Crippen LogP contribution is 2.50.